The standard InChI is InChI=1S/C38H53N3O7.C36H51N3O7.C36H49N3O7/c1-10-13-14-16-24-17-15-20-38(24,7)48-32(42)22-27(37(4,5)6)35(43)41-23-31(26(11-2)33(41)36(44)46-9)47-34-28(12-3)39-29-19-18-25(45-8)21-30(29)40-34;2*1-8-24-29-21-39(31(24)34(42)44-7)33(41)25(35(2,3)4)20-30(40)46-36(5)18-12-14-22(36)13-10-9-11-15-27-32(45-29)38-28-19-23(43-6)16-17-26(28)37-27/h10,12,18-19,21,24,26-27,31,33H,1,3,11,13-17,20,22-23H2,2,4-9H3;16-17,19,22,24-25,29,31H,8-15,18,20-21H2,1-7H3;11,15-17,19,22,24-25,29,31H,8-10,12-14,18,20-21H2,1-7H3/b;;15-11+/t24-,26-,27-,31+,33+,38-;2*22-,24-,25-,29+,31+,36-/m111/s1. The number of aryl methyl sites for hydroxylation is 1. The third-order valence-corrected chi connectivity index (χ3v) is 31.1. The molecule has 18 atom stereocenters. The number of hydrogen-bond donors (Lipinski definition) is 0. The Morgan fingerprint density at radius 1 is 0.536 bits per heavy atom. The van der Waals surface area contributed by atoms with Gasteiger partial charge in [0.2, 0.25) is 35.4 Å². The molecular formula is C110H153N9O21. The van der Waals surface area contributed by atoms with E-state index in [1.165, 1.54) is 26.2 Å². The number of hydrogen-bond acceptors (Lipinski definition) is 27. The lowest BCUT2D eigenvalue weighted by molar-refractivity contribution is -0.168. The highest BCUT2D eigenvalue weighted by molar-refractivity contribution is 5.93. The van der Waals surface area contributed by atoms with Crippen molar-refractivity contribution in [2.24, 2.45) is 69.5 Å². The third kappa shape index (κ3) is 24.8. The SMILES string of the molecule is C=CCCC[C@@H]1CCC[C@@]1(C)OC(=O)C[C@H](C(=O)N1C[C@H](Oc2nc3cc(OC)ccc3nc2C=C)[C@@H](CC)[C@H]1C(=O)OC)C(C)(C)C.CC[C@@H]1[C@@H]2CN(C(=O)[C@H](C(C)(C)C)CC(=O)O[C@]3(C)CCC[C@H]3CCC/C=C/c3nc4ccc(OC)cc4nc3O2)[C@@H]1C(=O)OC.CC[C@@H]1[C@@H]2CN(C(=O)[C@H](C(C)(C)C)CC(=O)O[C@]3(C)CCC[C@H]3CCCCCc3nc4ccc(OC)cc4nc3O2)[C@@H]1C(=O)OC. The van der Waals surface area contributed by atoms with E-state index in [-0.39, 0.29) is 104 Å². The molecule has 0 unspecified atom stereocenters. The van der Waals surface area contributed by atoms with Crippen molar-refractivity contribution in [2.45, 2.75) is 324 Å². The van der Waals surface area contributed by atoms with E-state index in [2.05, 4.69) is 31.1 Å². The van der Waals surface area contributed by atoms with Gasteiger partial charge in [-0.3, -0.25) is 28.8 Å². The van der Waals surface area contributed by atoms with Crippen LogP contribution < -0.4 is 28.4 Å². The number of esters is 6. The van der Waals surface area contributed by atoms with Crippen LogP contribution in [0.4, 0.5) is 0 Å². The molecule has 140 heavy (non-hydrogen) atoms. The van der Waals surface area contributed by atoms with Crippen molar-refractivity contribution in [2.75, 3.05) is 62.3 Å². The van der Waals surface area contributed by atoms with Crippen molar-refractivity contribution in [3.8, 4) is 34.9 Å². The highest BCUT2D eigenvalue weighted by atomic mass is 16.6. The highest BCUT2D eigenvalue weighted by Crippen LogP contribution is 2.49. The van der Waals surface area contributed by atoms with E-state index in [9.17, 15) is 43.2 Å². The second-order valence-electron chi connectivity index (χ2n) is 43.3. The quantitative estimate of drug-likeness (QED) is 0.0296. The number of amides is 3. The van der Waals surface area contributed by atoms with Crippen LogP contribution in [0.1, 0.15) is 281 Å². The maximum Gasteiger partial charge on any atom is 0.329 e. The van der Waals surface area contributed by atoms with Crippen molar-refractivity contribution in [1.82, 2.24) is 44.6 Å². The van der Waals surface area contributed by atoms with E-state index in [4.69, 9.17) is 81.8 Å². The molecule has 3 saturated heterocycles. The number of benzene rings is 3. The summed E-state index contributed by atoms with van der Waals surface area (Å²) >= 11 is 0. The lowest BCUT2D eigenvalue weighted by Gasteiger charge is -2.36. The smallest absolute Gasteiger partial charge is 0.329 e. The van der Waals surface area contributed by atoms with Gasteiger partial charge >= 0.3 is 35.8 Å². The molecule has 3 aromatic heterocycles. The van der Waals surface area contributed by atoms with Crippen LogP contribution in [-0.4, -0.2) is 214 Å². The zero-order valence-electron chi connectivity index (χ0n) is 86.7. The van der Waals surface area contributed by atoms with Crippen LogP contribution in [0.3, 0.4) is 0 Å². The Bertz CT molecular complexity index is 5470. The minimum atomic E-state index is -0.902. The Labute approximate surface area is 826 Å². The van der Waals surface area contributed by atoms with Crippen LogP contribution in [0.15, 0.2) is 79.9 Å². The predicted octanol–water partition coefficient (Wildman–Crippen LogP) is 19.2. The largest absolute Gasteiger partial charge is 0.497 e. The highest BCUT2D eigenvalue weighted by Gasteiger charge is 2.57. The van der Waals surface area contributed by atoms with Gasteiger partial charge in [-0.2, -0.15) is 0 Å². The summed E-state index contributed by atoms with van der Waals surface area (Å²) in [7, 11) is 8.77. The Hall–Kier alpha value is -11.1. The second-order valence-corrected chi connectivity index (χ2v) is 43.3. The molecule has 30 nitrogen and oxygen atoms in total. The molecule has 3 saturated carbocycles. The summed E-state index contributed by atoms with van der Waals surface area (Å²) in [5.74, 6) is -3.06. The van der Waals surface area contributed by atoms with Gasteiger partial charge < -0.3 is 71.5 Å². The maximum atomic E-state index is 14.5. The average Bonchev–Trinajstić information content (AvgIpc) is 1.63. The molecule has 8 heterocycles. The van der Waals surface area contributed by atoms with Crippen LogP contribution in [0, 0.1) is 69.5 Å². The molecule has 8 aliphatic rings. The topological polar surface area (TPSA) is 351 Å². The fraction of sp³-hybridized carbons (Fsp3) is 0.645. The number of ether oxygens (including phenoxy) is 12. The third-order valence-electron chi connectivity index (χ3n) is 31.1. The first-order chi connectivity index (χ1) is 66.5. The van der Waals surface area contributed by atoms with E-state index in [0.29, 0.717) is 93.7 Å². The predicted molar refractivity (Wildman–Crippen MR) is 533 cm³/mol. The van der Waals surface area contributed by atoms with Gasteiger partial charge in [0, 0.05) is 36.0 Å². The number of fused-ring (bicyclic) bond motifs is 11. The molecule has 14 rings (SSSR count). The molecule has 0 radical (unpaired) electrons. The lowest BCUT2D eigenvalue weighted by Crippen LogP contribution is -2.49. The van der Waals surface area contributed by atoms with E-state index in [1.54, 1.807) is 49.3 Å². The van der Waals surface area contributed by atoms with Crippen LogP contribution in [0.5, 0.6) is 34.9 Å². The Balaban J connectivity index is 0.000000188. The first-order valence-corrected chi connectivity index (χ1v) is 50.8. The Morgan fingerprint density at radius 2 is 1.01 bits per heavy atom. The summed E-state index contributed by atoms with van der Waals surface area (Å²) in [6.07, 6.45) is 25.9. The van der Waals surface area contributed by atoms with E-state index < -0.39 is 117 Å². The average molecular weight is 1940 g/mol. The molecule has 3 aromatic carbocycles. The molecular weight excluding hydrogens is 1780 g/mol. The normalized spacial score (nSPS) is 28.0. The number of rotatable bonds is 20. The van der Waals surface area contributed by atoms with Gasteiger partial charge in [0.25, 0.3) is 0 Å². The van der Waals surface area contributed by atoms with Gasteiger partial charge in [-0.25, -0.2) is 44.3 Å². The Morgan fingerprint density at radius 3 is 1.51 bits per heavy atom. The van der Waals surface area contributed by atoms with Crippen molar-refractivity contribution in [3.05, 3.63) is 97.0 Å². The van der Waals surface area contributed by atoms with E-state index in [1.807, 2.05) is 152 Å². The molecule has 3 amide bonds. The van der Waals surface area contributed by atoms with Crippen LogP contribution in [-0.2, 0) is 78.0 Å². The zero-order valence-corrected chi connectivity index (χ0v) is 86.7. The monoisotopic (exact) mass is 1940 g/mol. The second kappa shape index (κ2) is 46.3. The summed E-state index contributed by atoms with van der Waals surface area (Å²) in [4.78, 5) is 158. The molecule has 764 valence electrons. The molecule has 0 spiro atoms. The number of aromatic nitrogens is 6. The van der Waals surface area contributed by atoms with Crippen molar-refractivity contribution >= 4 is 98.8 Å². The minimum Gasteiger partial charge on any atom is -0.497 e. The molecule has 0 N–H and O–H groups in total. The number of carbonyl (C=O) groups excluding carboxylic acids is 9. The van der Waals surface area contributed by atoms with E-state index in [0.717, 1.165) is 133 Å². The zero-order chi connectivity index (χ0) is 102. The summed E-state index contributed by atoms with van der Waals surface area (Å²) in [6.45, 7) is 37.6. The van der Waals surface area contributed by atoms with Gasteiger partial charge in [-0.15, -0.1) is 6.58 Å². The first-order valence-electron chi connectivity index (χ1n) is 50.8. The van der Waals surface area contributed by atoms with Gasteiger partial charge in [0.15, 0.2) is 0 Å². The van der Waals surface area contributed by atoms with Gasteiger partial charge in [0.1, 0.15) is 87.6 Å². The van der Waals surface area contributed by atoms with Crippen molar-refractivity contribution in [3.63, 3.8) is 0 Å². The first kappa shape index (κ1) is 108. The molecule has 6 fully saturated rings. The van der Waals surface area contributed by atoms with Gasteiger partial charge in [-0.05, 0) is 238 Å². The summed E-state index contributed by atoms with van der Waals surface area (Å²) < 4.78 is 70.5. The van der Waals surface area contributed by atoms with Crippen molar-refractivity contribution < 1.29 is 100.0 Å². The number of likely N-dealkylation sites (tertiary alicyclic amines) is 1. The number of allylic oxidation sites excluding steroid dienone is 2. The number of unbranched alkanes of at least 4 members (excludes halogenated alkanes) is 1. The van der Waals surface area contributed by atoms with Crippen LogP contribution >= 0.6 is 0 Å². The summed E-state index contributed by atoms with van der Waals surface area (Å²) in [5.41, 5.74) is 2.32. The van der Waals surface area contributed by atoms with E-state index >= 15 is 0 Å². The molecule has 30 heteroatoms. The lowest BCUT2D eigenvalue weighted by atomic mass is 9.77. The maximum absolute atomic E-state index is 14.5. The summed E-state index contributed by atoms with van der Waals surface area (Å²) in [6, 6.07) is 13.9. The van der Waals surface area contributed by atoms with Crippen LogP contribution in [0.2, 0.25) is 0 Å². The minimum absolute atomic E-state index is 0.0561. The van der Waals surface area contributed by atoms with Crippen LogP contribution in [0.25, 0.3) is 45.3 Å². The van der Waals surface area contributed by atoms with Gasteiger partial charge in [-0.1, -0.05) is 115 Å². The molecule has 4 bridgehead atoms. The van der Waals surface area contributed by atoms with Crippen molar-refractivity contribution in [1.29, 1.82) is 0 Å². The summed E-state index contributed by atoms with van der Waals surface area (Å²) in [5, 5.41) is 0. The van der Waals surface area contributed by atoms with Gasteiger partial charge in [0.05, 0.1) is 132 Å². The number of carbonyl (C=O) groups is 9. The molecule has 6 aromatic rings. The fourth-order valence-corrected chi connectivity index (χ4v) is 22.7. The Kier molecular flexibility index (Phi) is 35.7. The number of methoxy groups -OCH3 is 6. The number of nitrogens with zero attached hydrogens (tertiary/aromatic N) is 9. The fourth-order valence-electron chi connectivity index (χ4n) is 22.7. The molecule has 5 aliphatic heterocycles. The molecule has 3 aliphatic carbocycles.